The number of likely N-dealkylation sites (tertiary alicyclic amines) is 1. The first-order valence-corrected chi connectivity index (χ1v) is 9.88. The van der Waals surface area contributed by atoms with Gasteiger partial charge in [0, 0.05) is 31.1 Å². The fourth-order valence-electron chi connectivity index (χ4n) is 3.92. The molecule has 2 saturated heterocycles. The second kappa shape index (κ2) is 7.50. The molecule has 2 aromatic heterocycles. The topological polar surface area (TPSA) is 47.5 Å². The van der Waals surface area contributed by atoms with E-state index < -0.39 is 0 Å². The largest absolute Gasteiger partial charge is 0.371 e. The minimum atomic E-state index is -0.0459. The molecule has 134 valence electrons. The van der Waals surface area contributed by atoms with Crippen molar-refractivity contribution in [3.63, 3.8) is 0 Å². The van der Waals surface area contributed by atoms with Crippen LogP contribution in [0.4, 0.5) is 0 Å². The van der Waals surface area contributed by atoms with Gasteiger partial charge in [0.15, 0.2) is 0 Å². The van der Waals surface area contributed by atoms with Gasteiger partial charge in [-0.3, -0.25) is 9.88 Å². The Morgan fingerprint density at radius 3 is 3.16 bits per heavy atom. The summed E-state index contributed by atoms with van der Waals surface area (Å²) in [7, 11) is 0. The Morgan fingerprint density at radius 1 is 1.40 bits per heavy atom. The first-order chi connectivity index (χ1) is 12.2. The summed E-state index contributed by atoms with van der Waals surface area (Å²) in [5, 5.41) is 3.17. The molecule has 2 aliphatic rings. The van der Waals surface area contributed by atoms with Gasteiger partial charge in [-0.2, -0.15) is 0 Å². The van der Waals surface area contributed by atoms with E-state index >= 15 is 0 Å². The molecule has 1 spiro atoms. The number of aryl methyl sites for hydroxylation is 1. The molecule has 0 aliphatic carbocycles. The molecule has 0 radical (unpaired) electrons. The van der Waals surface area contributed by atoms with Gasteiger partial charge in [0.25, 0.3) is 0 Å². The lowest BCUT2D eigenvalue weighted by Crippen LogP contribution is -2.47. The Labute approximate surface area is 153 Å². The van der Waals surface area contributed by atoms with E-state index in [2.05, 4.69) is 32.4 Å². The van der Waals surface area contributed by atoms with E-state index in [9.17, 15) is 0 Å². The van der Waals surface area contributed by atoms with Crippen molar-refractivity contribution < 1.29 is 9.47 Å². The van der Waals surface area contributed by atoms with Crippen molar-refractivity contribution in [2.45, 2.75) is 51.0 Å². The van der Waals surface area contributed by atoms with Gasteiger partial charge in [-0.05, 0) is 38.4 Å². The quantitative estimate of drug-likeness (QED) is 0.820. The minimum Gasteiger partial charge on any atom is -0.371 e. The molecule has 0 aromatic carbocycles. The summed E-state index contributed by atoms with van der Waals surface area (Å²) in [4.78, 5) is 11.4. The number of pyridine rings is 1. The monoisotopic (exact) mass is 359 g/mol. The molecule has 2 aromatic rings. The summed E-state index contributed by atoms with van der Waals surface area (Å²) in [6, 6.07) is 6.11. The summed E-state index contributed by atoms with van der Waals surface area (Å²) in [6.45, 7) is 6.30. The van der Waals surface area contributed by atoms with Crippen molar-refractivity contribution in [1.29, 1.82) is 0 Å². The SMILES string of the molecule is Cc1nc(CO[C@@H]2CO[C@]3(CCCN(Cc4ccccn4)C3)C2)cs1. The number of rotatable bonds is 5. The number of ether oxygens (including phenoxy) is 2. The van der Waals surface area contributed by atoms with Crippen LogP contribution in [-0.2, 0) is 22.6 Å². The van der Waals surface area contributed by atoms with Crippen molar-refractivity contribution in [3.8, 4) is 0 Å². The third-order valence-corrected chi connectivity index (χ3v) is 5.86. The smallest absolute Gasteiger partial charge is 0.0901 e. The van der Waals surface area contributed by atoms with E-state index in [-0.39, 0.29) is 11.7 Å². The van der Waals surface area contributed by atoms with Gasteiger partial charge in [-0.15, -0.1) is 11.3 Å². The molecule has 4 rings (SSSR count). The number of hydrogen-bond donors (Lipinski definition) is 0. The fraction of sp³-hybridized carbons (Fsp3) is 0.579. The maximum atomic E-state index is 6.25. The van der Waals surface area contributed by atoms with Crippen LogP contribution in [0.2, 0.25) is 0 Å². The Kier molecular flexibility index (Phi) is 5.12. The molecule has 6 heteroatoms. The standard InChI is InChI=1S/C19H25N3O2S/c1-15-21-17(13-25-15)11-23-18-9-19(24-12-18)6-4-8-22(14-19)10-16-5-2-3-7-20-16/h2-3,5,7,13,18H,4,6,8-12,14H2,1H3/t18-,19+/m0/s1. The van der Waals surface area contributed by atoms with E-state index in [1.165, 1.54) is 6.42 Å². The normalized spacial score (nSPS) is 27.2. The number of piperidine rings is 1. The van der Waals surface area contributed by atoms with Gasteiger partial charge >= 0.3 is 0 Å². The van der Waals surface area contributed by atoms with E-state index in [1.54, 1.807) is 11.3 Å². The van der Waals surface area contributed by atoms with E-state index in [4.69, 9.17) is 9.47 Å². The maximum absolute atomic E-state index is 6.25. The second-order valence-corrected chi connectivity index (χ2v) is 8.19. The third kappa shape index (κ3) is 4.26. The fourth-order valence-corrected chi connectivity index (χ4v) is 4.52. The summed E-state index contributed by atoms with van der Waals surface area (Å²) >= 11 is 1.67. The Hall–Kier alpha value is -1.34. The average molecular weight is 359 g/mol. The van der Waals surface area contributed by atoms with E-state index in [1.807, 2.05) is 19.2 Å². The van der Waals surface area contributed by atoms with Crippen LogP contribution >= 0.6 is 11.3 Å². The number of thiazole rings is 1. The molecule has 2 atom stereocenters. The summed E-state index contributed by atoms with van der Waals surface area (Å²) in [5.41, 5.74) is 2.11. The molecular weight excluding hydrogens is 334 g/mol. The Morgan fingerprint density at radius 2 is 2.36 bits per heavy atom. The van der Waals surface area contributed by atoms with Crippen LogP contribution in [0.1, 0.15) is 35.7 Å². The zero-order chi connectivity index (χ0) is 17.1. The molecule has 25 heavy (non-hydrogen) atoms. The van der Waals surface area contributed by atoms with Crippen LogP contribution in [-0.4, -0.2) is 46.3 Å². The number of aromatic nitrogens is 2. The van der Waals surface area contributed by atoms with Crippen molar-refractivity contribution in [3.05, 3.63) is 46.2 Å². The number of hydrogen-bond acceptors (Lipinski definition) is 6. The zero-order valence-electron chi connectivity index (χ0n) is 14.7. The van der Waals surface area contributed by atoms with Crippen molar-refractivity contribution in [2.24, 2.45) is 0 Å². The molecule has 2 fully saturated rings. The van der Waals surface area contributed by atoms with Gasteiger partial charge in [-0.25, -0.2) is 4.98 Å². The molecule has 0 bridgehead atoms. The van der Waals surface area contributed by atoms with Crippen LogP contribution in [0, 0.1) is 6.92 Å². The lowest BCUT2D eigenvalue weighted by molar-refractivity contribution is -0.0550. The first-order valence-electron chi connectivity index (χ1n) is 9.00. The third-order valence-electron chi connectivity index (χ3n) is 5.04. The molecular formula is C19H25N3O2S. The Bertz CT molecular complexity index is 693. The molecule has 0 unspecified atom stereocenters. The van der Waals surface area contributed by atoms with Gasteiger partial charge in [-0.1, -0.05) is 6.07 Å². The van der Waals surface area contributed by atoms with Crippen LogP contribution in [0.15, 0.2) is 29.8 Å². The van der Waals surface area contributed by atoms with Crippen LogP contribution < -0.4 is 0 Å². The van der Waals surface area contributed by atoms with Crippen LogP contribution in [0.3, 0.4) is 0 Å². The van der Waals surface area contributed by atoms with Gasteiger partial charge in [0.05, 0.1) is 41.3 Å². The Balaban J connectivity index is 1.31. The maximum Gasteiger partial charge on any atom is 0.0901 e. The van der Waals surface area contributed by atoms with Crippen molar-refractivity contribution >= 4 is 11.3 Å². The van der Waals surface area contributed by atoms with Crippen LogP contribution in [0.25, 0.3) is 0 Å². The highest BCUT2D eigenvalue weighted by Crippen LogP contribution is 2.36. The zero-order valence-corrected chi connectivity index (χ0v) is 15.5. The lowest BCUT2D eigenvalue weighted by Gasteiger charge is -2.39. The summed E-state index contributed by atoms with van der Waals surface area (Å²) in [6.07, 6.45) is 5.32. The minimum absolute atomic E-state index is 0.0459. The second-order valence-electron chi connectivity index (χ2n) is 7.12. The average Bonchev–Trinajstić information content (AvgIpc) is 3.20. The van der Waals surface area contributed by atoms with Crippen molar-refractivity contribution in [1.82, 2.24) is 14.9 Å². The van der Waals surface area contributed by atoms with E-state index in [0.717, 1.165) is 48.9 Å². The van der Waals surface area contributed by atoms with Gasteiger partial charge in [0.1, 0.15) is 0 Å². The van der Waals surface area contributed by atoms with Crippen LogP contribution in [0.5, 0.6) is 0 Å². The number of nitrogens with zero attached hydrogens (tertiary/aromatic N) is 3. The summed E-state index contributed by atoms with van der Waals surface area (Å²) in [5.74, 6) is 0. The predicted octanol–water partition coefficient (Wildman–Crippen LogP) is 3.19. The molecule has 5 nitrogen and oxygen atoms in total. The highest BCUT2D eigenvalue weighted by atomic mass is 32.1. The summed E-state index contributed by atoms with van der Waals surface area (Å²) < 4.78 is 12.3. The molecule has 2 aliphatic heterocycles. The van der Waals surface area contributed by atoms with Crippen molar-refractivity contribution in [2.75, 3.05) is 19.7 Å². The molecule has 0 saturated carbocycles. The highest BCUT2D eigenvalue weighted by molar-refractivity contribution is 7.09. The highest BCUT2D eigenvalue weighted by Gasteiger charge is 2.43. The molecule has 0 amide bonds. The van der Waals surface area contributed by atoms with Gasteiger partial charge in [0.2, 0.25) is 0 Å². The van der Waals surface area contributed by atoms with Gasteiger partial charge < -0.3 is 9.47 Å². The molecule has 4 heterocycles. The predicted molar refractivity (Wildman–Crippen MR) is 97.5 cm³/mol. The lowest BCUT2D eigenvalue weighted by atomic mass is 9.89. The first kappa shape index (κ1) is 17.1. The molecule has 0 N–H and O–H groups in total. The van der Waals surface area contributed by atoms with E-state index in [0.29, 0.717) is 13.2 Å².